The van der Waals surface area contributed by atoms with E-state index in [-0.39, 0.29) is 28.2 Å². The third-order valence-corrected chi connectivity index (χ3v) is 8.67. The summed E-state index contributed by atoms with van der Waals surface area (Å²) in [5, 5.41) is 16.9. The smallest absolute Gasteiger partial charge is 0.339 e. The van der Waals surface area contributed by atoms with Gasteiger partial charge in [-0.25, -0.2) is 9.78 Å². The molecule has 1 fully saturated rings. The van der Waals surface area contributed by atoms with Crippen molar-refractivity contribution in [3.05, 3.63) is 75.6 Å². The summed E-state index contributed by atoms with van der Waals surface area (Å²) < 4.78 is 4.76. The molecule has 2 amide bonds. The first-order valence-electron chi connectivity index (χ1n) is 14.5. The number of phenols is 1. The van der Waals surface area contributed by atoms with Gasteiger partial charge in [0.1, 0.15) is 5.75 Å². The van der Waals surface area contributed by atoms with Crippen LogP contribution in [-0.4, -0.2) is 53.0 Å². The number of rotatable bonds is 6. The fourth-order valence-electron chi connectivity index (χ4n) is 5.19. The average Bonchev–Trinajstić information content (AvgIpc) is 3.45. The van der Waals surface area contributed by atoms with Gasteiger partial charge in [0.25, 0.3) is 0 Å². The van der Waals surface area contributed by atoms with Gasteiger partial charge in [-0.05, 0) is 47.9 Å². The predicted octanol–water partition coefficient (Wildman–Crippen LogP) is 6.80. The quantitative estimate of drug-likeness (QED) is 0.237. The Hall–Kier alpha value is -3.98. The number of amides is 2. The van der Waals surface area contributed by atoms with Gasteiger partial charge in [-0.15, -0.1) is 11.3 Å². The van der Waals surface area contributed by atoms with Crippen LogP contribution in [0, 0.1) is 0 Å². The second kappa shape index (κ2) is 12.7. The minimum absolute atomic E-state index is 0.221. The van der Waals surface area contributed by atoms with E-state index in [1.54, 1.807) is 40.5 Å². The van der Waals surface area contributed by atoms with E-state index in [0.717, 1.165) is 40.2 Å². The number of benzene rings is 2. The van der Waals surface area contributed by atoms with E-state index in [2.05, 4.69) is 64.4 Å². The largest absolute Gasteiger partial charge is 0.507 e. The Kier molecular flexibility index (Phi) is 9.44. The van der Waals surface area contributed by atoms with Crippen molar-refractivity contribution < 1.29 is 24.2 Å². The lowest BCUT2D eigenvalue weighted by molar-refractivity contribution is -0.127. The van der Waals surface area contributed by atoms with Crippen LogP contribution >= 0.6 is 11.3 Å². The van der Waals surface area contributed by atoms with E-state index in [1.807, 2.05) is 0 Å². The lowest BCUT2D eigenvalue weighted by atomic mass is 9.78. The number of phenolic OH excluding ortho intramolecular Hbond substituents is 1. The van der Waals surface area contributed by atoms with Crippen LogP contribution in [-0.2, 0) is 25.2 Å². The van der Waals surface area contributed by atoms with Crippen molar-refractivity contribution in [3.8, 4) is 17.0 Å². The van der Waals surface area contributed by atoms with Crippen molar-refractivity contribution in [2.24, 2.45) is 0 Å². The summed E-state index contributed by atoms with van der Waals surface area (Å²) >= 11 is 1.63. The van der Waals surface area contributed by atoms with Crippen LogP contribution in [0.1, 0.15) is 86.8 Å². The van der Waals surface area contributed by atoms with Crippen molar-refractivity contribution >= 4 is 34.8 Å². The molecule has 3 aromatic rings. The molecule has 0 atom stereocenters. The molecule has 4 rings (SSSR count). The standard InChI is InChI=1S/C34H41N3O5S/c1-33(2,3)24-18-22(19-25(30(24)40)34(4,5)6)27-20-43-31(36-27)21-14-16-37(17-15-21)29(39)13-12-28(38)35-26-11-9-8-10-23(26)32(41)42-7/h8-13,18-21,40H,14-17H2,1-7H3,(H,35,38). The Morgan fingerprint density at radius 2 is 1.60 bits per heavy atom. The molecule has 1 aromatic heterocycles. The van der Waals surface area contributed by atoms with E-state index in [4.69, 9.17) is 9.72 Å². The van der Waals surface area contributed by atoms with Crippen LogP contribution in [0.15, 0.2) is 53.9 Å². The van der Waals surface area contributed by atoms with Gasteiger partial charge in [0, 0.05) is 53.2 Å². The molecule has 2 N–H and O–H groups in total. The number of likely N-dealkylation sites (tertiary alicyclic amines) is 1. The highest BCUT2D eigenvalue weighted by molar-refractivity contribution is 7.10. The fraction of sp³-hybridized carbons (Fsp3) is 0.412. The third kappa shape index (κ3) is 7.51. The zero-order valence-corrected chi connectivity index (χ0v) is 26.8. The van der Waals surface area contributed by atoms with Crippen molar-refractivity contribution in [2.75, 3.05) is 25.5 Å². The molecule has 228 valence electrons. The molecule has 43 heavy (non-hydrogen) atoms. The molecule has 0 unspecified atom stereocenters. The number of aromatic nitrogens is 1. The SMILES string of the molecule is COC(=O)c1ccccc1NC(=O)C=CC(=O)N1CCC(c2nc(-c3cc(C(C)(C)C)c(O)c(C(C)(C)C)c3)cs2)CC1. The second-order valence-electron chi connectivity index (χ2n) is 13.0. The van der Waals surface area contributed by atoms with E-state index in [9.17, 15) is 19.5 Å². The number of thiazole rings is 1. The molecule has 1 aliphatic heterocycles. The molecule has 1 aliphatic rings. The molecule has 0 saturated carbocycles. The topological polar surface area (TPSA) is 109 Å². The number of methoxy groups -OCH3 is 1. The highest BCUT2D eigenvalue weighted by atomic mass is 32.1. The number of hydrogen-bond acceptors (Lipinski definition) is 7. The number of esters is 1. The number of nitrogens with one attached hydrogen (secondary N) is 1. The number of aromatic hydroxyl groups is 1. The normalized spacial score (nSPS) is 14.6. The zero-order chi connectivity index (χ0) is 31.5. The Bertz CT molecular complexity index is 1500. The number of piperidine rings is 1. The molecule has 0 radical (unpaired) electrons. The maximum atomic E-state index is 12.8. The second-order valence-corrected chi connectivity index (χ2v) is 13.8. The lowest BCUT2D eigenvalue weighted by Gasteiger charge is -2.30. The van der Waals surface area contributed by atoms with E-state index >= 15 is 0 Å². The number of hydrogen-bond donors (Lipinski definition) is 2. The summed E-state index contributed by atoms with van der Waals surface area (Å²) in [6.45, 7) is 13.7. The Morgan fingerprint density at radius 1 is 1.00 bits per heavy atom. The summed E-state index contributed by atoms with van der Waals surface area (Å²) in [6, 6.07) is 10.6. The molecule has 0 bridgehead atoms. The van der Waals surface area contributed by atoms with E-state index in [1.165, 1.54) is 19.3 Å². The van der Waals surface area contributed by atoms with Gasteiger partial charge < -0.3 is 20.1 Å². The fourth-order valence-corrected chi connectivity index (χ4v) is 6.19. The minimum atomic E-state index is -0.557. The summed E-state index contributed by atoms with van der Waals surface area (Å²) in [7, 11) is 1.27. The molecule has 8 nitrogen and oxygen atoms in total. The number of carbonyl (C=O) groups excluding carboxylic acids is 3. The van der Waals surface area contributed by atoms with Crippen LogP contribution in [0.4, 0.5) is 5.69 Å². The summed E-state index contributed by atoms with van der Waals surface area (Å²) in [5.41, 5.74) is 3.83. The Balaban J connectivity index is 1.40. The monoisotopic (exact) mass is 603 g/mol. The molecule has 0 spiro atoms. The van der Waals surface area contributed by atoms with Crippen LogP contribution in [0.3, 0.4) is 0 Å². The third-order valence-electron chi connectivity index (χ3n) is 7.67. The molecular weight excluding hydrogens is 562 g/mol. The van der Waals surface area contributed by atoms with Crippen molar-refractivity contribution in [3.63, 3.8) is 0 Å². The van der Waals surface area contributed by atoms with Crippen molar-refractivity contribution in [2.45, 2.75) is 71.1 Å². The van der Waals surface area contributed by atoms with Gasteiger partial charge in [-0.2, -0.15) is 0 Å². The van der Waals surface area contributed by atoms with Gasteiger partial charge in [-0.1, -0.05) is 53.7 Å². The molecule has 1 saturated heterocycles. The molecule has 0 aliphatic carbocycles. The average molecular weight is 604 g/mol. The first kappa shape index (κ1) is 31.9. The van der Waals surface area contributed by atoms with Gasteiger partial charge in [0.2, 0.25) is 11.8 Å². The maximum Gasteiger partial charge on any atom is 0.339 e. The molecule has 9 heteroatoms. The molecular formula is C34H41N3O5S. The minimum Gasteiger partial charge on any atom is -0.507 e. The Labute approximate surface area is 257 Å². The maximum absolute atomic E-state index is 12.8. The highest BCUT2D eigenvalue weighted by Gasteiger charge is 2.29. The van der Waals surface area contributed by atoms with Crippen LogP contribution in [0.25, 0.3) is 11.3 Å². The first-order valence-corrected chi connectivity index (χ1v) is 15.4. The van der Waals surface area contributed by atoms with Crippen molar-refractivity contribution in [1.82, 2.24) is 9.88 Å². The van der Waals surface area contributed by atoms with Crippen LogP contribution in [0.2, 0.25) is 0 Å². The van der Waals surface area contributed by atoms with Gasteiger partial charge in [-0.3, -0.25) is 9.59 Å². The van der Waals surface area contributed by atoms with Crippen molar-refractivity contribution in [1.29, 1.82) is 0 Å². The first-order chi connectivity index (χ1) is 20.2. The summed E-state index contributed by atoms with van der Waals surface area (Å²) in [4.78, 5) is 43.9. The van der Waals surface area contributed by atoms with Gasteiger partial charge in [0.05, 0.1) is 29.1 Å². The van der Waals surface area contributed by atoms with Crippen LogP contribution in [0.5, 0.6) is 5.75 Å². The van der Waals surface area contributed by atoms with Crippen LogP contribution < -0.4 is 5.32 Å². The number of anilines is 1. The summed E-state index contributed by atoms with van der Waals surface area (Å²) in [6.07, 6.45) is 4.01. The number of nitrogens with zero attached hydrogens (tertiary/aromatic N) is 2. The highest BCUT2D eigenvalue weighted by Crippen LogP contribution is 2.42. The molecule has 2 heterocycles. The lowest BCUT2D eigenvalue weighted by Crippen LogP contribution is -2.37. The van der Waals surface area contributed by atoms with E-state index < -0.39 is 11.9 Å². The number of para-hydroxylation sites is 1. The van der Waals surface area contributed by atoms with E-state index in [0.29, 0.717) is 24.5 Å². The van der Waals surface area contributed by atoms with Gasteiger partial charge >= 0.3 is 5.97 Å². The van der Waals surface area contributed by atoms with Gasteiger partial charge in [0.15, 0.2) is 0 Å². The molecule has 2 aromatic carbocycles. The summed E-state index contributed by atoms with van der Waals surface area (Å²) in [5.74, 6) is -0.699. The predicted molar refractivity (Wildman–Crippen MR) is 171 cm³/mol. The zero-order valence-electron chi connectivity index (χ0n) is 26.0. The number of ether oxygens (including phenoxy) is 1. The number of carbonyl (C=O) groups is 3. The Morgan fingerprint density at radius 3 is 2.19 bits per heavy atom.